The molecule has 0 fully saturated rings. The second-order valence-corrected chi connectivity index (χ2v) is 4.35. The molecule has 21 heavy (non-hydrogen) atoms. The summed E-state index contributed by atoms with van der Waals surface area (Å²) < 4.78 is 4.92. The van der Waals surface area contributed by atoms with Gasteiger partial charge in [-0.25, -0.2) is 0 Å². The van der Waals surface area contributed by atoms with Crippen molar-refractivity contribution < 1.29 is 14.2 Å². The fourth-order valence-electron chi connectivity index (χ4n) is 1.80. The first-order valence-electron chi connectivity index (χ1n) is 6.18. The van der Waals surface area contributed by atoms with Gasteiger partial charge in [0.15, 0.2) is 0 Å². The van der Waals surface area contributed by atoms with Crippen molar-refractivity contribution >= 4 is 17.3 Å². The van der Waals surface area contributed by atoms with Crippen LogP contribution in [0.4, 0.5) is 11.4 Å². The van der Waals surface area contributed by atoms with Gasteiger partial charge >= 0.3 is 0 Å². The number of carbonyl (C=O) groups excluding carboxylic acids is 1. The van der Waals surface area contributed by atoms with Crippen molar-refractivity contribution in [2.45, 2.75) is 13.5 Å². The van der Waals surface area contributed by atoms with Crippen molar-refractivity contribution in [2.75, 3.05) is 12.4 Å². The number of amides is 1. The zero-order valence-electron chi connectivity index (χ0n) is 11.5. The molecule has 8 heteroatoms. The molecule has 0 saturated heterocycles. The highest BCUT2D eigenvalue weighted by molar-refractivity contribution is 5.95. The Morgan fingerprint density at radius 3 is 2.76 bits per heavy atom. The number of rotatable bonds is 5. The highest BCUT2D eigenvalue weighted by Gasteiger charge is 2.17. The van der Waals surface area contributed by atoms with Gasteiger partial charge in [0, 0.05) is 24.7 Å². The molecule has 0 atom stereocenters. The SMILES string of the molecule is CNC(=O)c1ccc(NCc2cc(C)on2)c([N+](=O)[O-])c1. The minimum Gasteiger partial charge on any atom is -0.374 e. The fourth-order valence-corrected chi connectivity index (χ4v) is 1.80. The zero-order valence-corrected chi connectivity index (χ0v) is 11.5. The molecule has 2 rings (SSSR count). The Bertz CT molecular complexity index is 681. The quantitative estimate of drug-likeness (QED) is 0.642. The third-order valence-corrected chi connectivity index (χ3v) is 2.82. The first-order valence-corrected chi connectivity index (χ1v) is 6.18. The molecule has 2 N–H and O–H groups in total. The van der Waals surface area contributed by atoms with Gasteiger partial charge in [-0.2, -0.15) is 0 Å². The van der Waals surface area contributed by atoms with Crippen LogP contribution in [-0.4, -0.2) is 23.0 Å². The Morgan fingerprint density at radius 2 is 2.19 bits per heavy atom. The van der Waals surface area contributed by atoms with E-state index in [9.17, 15) is 14.9 Å². The molecular weight excluding hydrogens is 276 g/mol. The summed E-state index contributed by atoms with van der Waals surface area (Å²) in [5.74, 6) is 0.285. The Hall–Kier alpha value is -2.90. The number of benzene rings is 1. The molecule has 0 unspecified atom stereocenters. The number of hydrogen-bond acceptors (Lipinski definition) is 6. The van der Waals surface area contributed by atoms with Gasteiger partial charge in [0.25, 0.3) is 11.6 Å². The molecule has 0 aliphatic rings. The van der Waals surface area contributed by atoms with E-state index in [1.807, 2.05) is 0 Å². The third kappa shape index (κ3) is 3.35. The first kappa shape index (κ1) is 14.5. The Kier molecular flexibility index (Phi) is 4.17. The van der Waals surface area contributed by atoms with E-state index in [0.29, 0.717) is 17.1 Å². The third-order valence-electron chi connectivity index (χ3n) is 2.82. The minimum absolute atomic E-state index is 0.170. The summed E-state index contributed by atoms with van der Waals surface area (Å²) in [7, 11) is 1.47. The molecule has 0 radical (unpaired) electrons. The predicted octanol–water partition coefficient (Wildman–Crippen LogP) is 1.86. The maximum atomic E-state index is 11.5. The van der Waals surface area contributed by atoms with Crippen molar-refractivity contribution in [1.82, 2.24) is 10.5 Å². The van der Waals surface area contributed by atoms with E-state index in [4.69, 9.17) is 4.52 Å². The molecule has 0 aliphatic heterocycles. The van der Waals surface area contributed by atoms with Gasteiger partial charge in [0.05, 0.1) is 11.5 Å². The van der Waals surface area contributed by atoms with Crippen LogP contribution in [0.5, 0.6) is 0 Å². The second kappa shape index (κ2) is 6.04. The van der Waals surface area contributed by atoms with E-state index in [1.165, 1.54) is 25.2 Å². The number of nitrogens with one attached hydrogen (secondary N) is 2. The summed E-state index contributed by atoms with van der Waals surface area (Å²) in [6, 6.07) is 5.98. The van der Waals surface area contributed by atoms with E-state index >= 15 is 0 Å². The molecular formula is C13H14N4O4. The van der Waals surface area contributed by atoms with Crippen molar-refractivity contribution in [3.8, 4) is 0 Å². The molecule has 1 aromatic heterocycles. The smallest absolute Gasteiger partial charge is 0.293 e. The molecule has 0 saturated carbocycles. The van der Waals surface area contributed by atoms with Gasteiger partial charge < -0.3 is 15.2 Å². The lowest BCUT2D eigenvalue weighted by Gasteiger charge is -2.07. The van der Waals surface area contributed by atoms with Crippen LogP contribution in [0.15, 0.2) is 28.8 Å². The molecule has 0 aliphatic carbocycles. The highest BCUT2D eigenvalue weighted by atomic mass is 16.6. The number of carbonyl (C=O) groups is 1. The first-order chi connectivity index (χ1) is 10.0. The van der Waals surface area contributed by atoms with E-state index in [0.717, 1.165) is 0 Å². The second-order valence-electron chi connectivity index (χ2n) is 4.35. The molecule has 0 spiro atoms. The molecule has 0 bridgehead atoms. The van der Waals surface area contributed by atoms with Crippen molar-refractivity contribution in [2.24, 2.45) is 0 Å². The molecule has 1 aromatic carbocycles. The van der Waals surface area contributed by atoms with Gasteiger partial charge in [-0.05, 0) is 19.1 Å². The van der Waals surface area contributed by atoms with Crippen molar-refractivity contribution in [3.05, 3.63) is 51.4 Å². The molecule has 2 aromatic rings. The lowest BCUT2D eigenvalue weighted by Crippen LogP contribution is -2.18. The minimum atomic E-state index is -0.539. The lowest BCUT2D eigenvalue weighted by atomic mass is 10.1. The van der Waals surface area contributed by atoms with Crippen LogP contribution < -0.4 is 10.6 Å². The van der Waals surface area contributed by atoms with E-state index < -0.39 is 4.92 Å². The Balaban J connectivity index is 2.22. The Morgan fingerprint density at radius 1 is 1.43 bits per heavy atom. The topological polar surface area (TPSA) is 110 Å². The van der Waals surface area contributed by atoms with E-state index in [-0.39, 0.29) is 23.7 Å². The van der Waals surface area contributed by atoms with E-state index in [1.54, 1.807) is 13.0 Å². The van der Waals surface area contributed by atoms with Crippen LogP contribution in [0, 0.1) is 17.0 Å². The summed E-state index contributed by atoms with van der Waals surface area (Å²) in [6.45, 7) is 2.05. The number of nitro groups is 1. The van der Waals surface area contributed by atoms with E-state index in [2.05, 4.69) is 15.8 Å². The van der Waals surface area contributed by atoms with Gasteiger partial charge in [0.2, 0.25) is 0 Å². The summed E-state index contributed by atoms with van der Waals surface area (Å²) in [4.78, 5) is 22.1. The number of nitrogens with zero attached hydrogens (tertiary/aromatic N) is 2. The van der Waals surface area contributed by atoms with Crippen molar-refractivity contribution in [1.29, 1.82) is 0 Å². The number of nitro benzene ring substituents is 1. The number of hydrogen-bond donors (Lipinski definition) is 2. The number of aromatic nitrogens is 1. The lowest BCUT2D eigenvalue weighted by molar-refractivity contribution is -0.384. The normalized spacial score (nSPS) is 10.2. The van der Waals surface area contributed by atoms with Gasteiger partial charge in [-0.1, -0.05) is 5.16 Å². The monoisotopic (exact) mass is 290 g/mol. The number of anilines is 1. The summed E-state index contributed by atoms with van der Waals surface area (Å²) in [5, 5.41) is 20.2. The summed E-state index contributed by atoms with van der Waals surface area (Å²) >= 11 is 0. The Labute approximate surface area is 120 Å². The van der Waals surface area contributed by atoms with Gasteiger partial charge in [0.1, 0.15) is 17.1 Å². The molecule has 110 valence electrons. The zero-order chi connectivity index (χ0) is 15.4. The van der Waals surface area contributed by atoms with Crippen LogP contribution >= 0.6 is 0 Å². The highest BCUT2D eigenvalue weighted by Crippen LogP contribution is 2.26. The average molecular weight is 290 g/mol. The van der Waals surface area contributed by atoms with Crippen molar-refractivity contribution in [3.63, 3.8) is 0 Å². The van der Waals surface area contributed by atoms with Crippen LogP contribution in [0.3, 0.4) is 0 Å². The summed E-state index contributed by atoms with van der Waals surface area (Å²) in [6.07, 6.45) is 0. The molecule has 8 nitrogen and oxygen atoms in total. The van der Waals surface area contributed by atoms with Crippen LogP contribution in [0.2, 0.25) is 0 Å². The van der Waals surface area contributed by atoms with Crippen LogP contribution in [0.1, 0.15) is 21.8 Å². The van der Waals surface area contributed by atoms with Gasteiger partial charge in [-0.3, -0.25) is 14.9 Å². The largest absolute Gasteiger partial charge is 0.374 e. The predicted molar refractivity (Wildman–Crippen MR) is 75.1 cm³/mol. The fraction of sp³-hybridized carbons (Fsp3) is 0.231. The summed E-state index contributed by atoms with van der Waals surface area (Å²) in [5.41, 5.74) is 1.01. The van der Waals surface area contributed by atoms with Crippen LogP contribution in [0.25, 0.3) is 0 Å². The molecule has 1 amide bonds. The maximum absolute atomic E-state index is 11.5. The van der Waals surface area contributed by atoms with Crippen LogP contribution in [-0.2, 0) is 6.54 Å². The van der Waals surface area contributed by atoms with Gasteiger partial charge in [-0.15, -0.1) is 0 Å². The number of aryl methyl sites for hydroxylation is 1. The average Bonchev–Trinajstić information content (AvgIpc) is 2.89. The molecule has 1 heterocycles. The standard InChI is InChI=1S/C13H14N4O4/c1-8-5-10(16-21-8)7-15-11-4-3-9(13(18)14-2)6-12(11)17(19)20/h3-6,15H,7H2,1-2H3,(H,14,18). The maximum Gasteiger partial charge on any atom is 0.293 e.